The topological polar surface area (TPSA) is 47.6 Å². The Bertz CT molecular complexity index is 430. The van der Waals surface area contributed by atoms with Gasteiger partial charge in [0.2, 0.25) is 5.91 Å². The van der Waals surface area contributed by atoms with E-state index in [1.54, 1.807) is 18.2 Å². The number of nitrogens with one attached hydrogen (secondary N) is 1. The number of hydrogen-bond donors (Lipinski definition) is 1. The lowest BCUT2D eigenvalue weighted by Gasteiger charge is -2.24. The summed E-state index contributed by atoms with van der Waals surface area (Å²) in [6.07, 6.45) is 2.78. The summed E-state index contributed by atoms with van der Waals surface area (Å²) >= 11 is 5.90. The zero-order valence-corrected chi connectivity index (χ0v) is 11.0. The van der Waals surface area contributed by atoms with Crippen molar-refractivity contribution in [3.05, 3.63) is 23.2 Å². The molecular formula is C13H16ClNO3. The molecule has 18 heavy (non-hydrogen) atoms. The van der Waals surface area contributed by atoms with Crippen LogP contribution in [0.4, 0.5) is 5.69 Å². The van der Waals surface area contributed by atoms with E-state index >= 15 is 0 Å². The molecule has 1 amide bonds. The summed E-state index contributed by atoms with van der Waals surface area (Å²) in [7, 11) is 0. The third-order valence-electron chi connectivity index (χ3n) is 2.65. The lowest BCUT2D eigenvalue weighted by Crippen LogP contribution is -2.25. The highest BCUT2D eigenvalue weighted by Crippen LogP contribution is 2.30. The lowest BCUT2D eigenvalue weighted by atomic mass is 10.2. The second kappa shape index (κ2) is 6.07. The molecule has 0 aliphatic carbocycles. The number of rotatable bonds is 3. The van der Waals surface area contributed by atoms with Crippen LogP contribution in [0.15, 0.2) is 18.2 Å². The lowest BCUT2D eigenvalue weighted by molar-refractivity contribution is -0.114. The molecule has 0 spiro atoms. The second-order valence-corrected chi connectivity index (χ2v) is 4.67. The third kappa shape index (κ3) is 3.62. The number of carbonyl (C=O) groups is 1. The van der Waals surface area contributed by atoms with E-state index in [-0.39, 0.29) is 12.2 Å². The average Bonchev–Trinajstić information content (AvgIpc) is 2.33. The number of ether oxygens (including phenoxy) is 2. The zero-order chi connectivity index (χ0) is 13.0. The highest BCUT2D eigenvalue weighted by molar-refractivity contribution is 6.31. The SMILES string of the molecule is CC(=O)Nc1cc(Cl)ccc1OC1CCCCO1. The summed E-state index contributed by atoms with van der Waals surface area (Å²) < 4.78 is 11.3. The number of anilines is 1. The monoisotopic (exact) mass is 269 g/mol. The molecule has 0 aromatic heterocycles. The molecule has 0 bridgehead atoms. The van der Waals surface area contributed by atoms with Gasteiger partial charge in [0, 0.05) is 18.4 Å². The molecule has 1 fully saturated rings. The Balaban J connectivity index is 2.12. The molecule has 0 radical (unpaired) electrons. The molecule has 1 N–H and O–H groups in total. The highest BCUT2D eigenvalue weighted by Gasteiger charge is 2.17. The van der Waals surface area contributed by atoms with E-state index in [4.69, 9.17) is 21.1 Å². The van der Waals surface area contributed by atoms with E-state index in [1.165, 1.54) is 6.92 Å². The predicted molar refractivity (Wildman–Crippen MR) is 70.0 cm³/mol. The molecule has 0 saturated carbocycles. The van der Waals surface area contributed by atoms with Crippen molar-refractivity contribution in [2.75, 3.05) is 11.9 Å². The standard InChI is InChI=1S/C13H16ClNO3/c1-9(16)15-11-8-10(14)5-6-12(11)18-13-4-2-3-7-17-13/h5-6,8,13H,2-4,7H2,1H3,(H,15,16). The van der Waals surface area contributed by atoms with Crippen molar-refractivity contribution in [3.63, 3.8) is 0 Å². The molecule has 5 heteroatoms. The molecule has 1 unspecified atom stereocenters. The molecule has 1 aromatic rings. The number of halogens is 1. The van der Waals surface area contributed by atoms with Crippen LogP contribution in [0.2, 0.25) is 5.02 Å². The van der Waals surface area contributed by atoms with Crippen LogP contribution in [-0.2, 0) is 9.53 Å². The fourth-order valence-corrected chi connectivity index (χ4v) is 2.01. The maximum Gasteiger partial charge on any atom is 0.221 e. The van der Waals surface area contributed by atoms with Crippen molar-refractivity contribution in [1.29, 1.82) is 0 Å². The van der Waals surface area contributed by atoms with E-state index in [0.717, 1.165) is 19.3 Å². The number of benzene rings is 1. The van der Waals surface area contributed by atoms with Crippen LogP contribution in [0.25, 0.3) is 0 Å². The Labute approximate surface area is 111 Å². The Morgan fingerprint density at radius 3 is 3.00 bits per heavy atom. The normalized spacial score (nSPS) is 19.3. The van der Waals surface area contributed by atoms with Gasteiger partial charge in [-0.2, -0.15) is 0 Å². The van der Waals surface area contributed by atoms with Gasteiger partial charge in [0.25, 0.3) is 0 Å². The fraction of sp³-hybridized carbons (Fsp3) is 0.462. The summed E-state index contributed by atoms with van der Waals surface area (Å²) in [6.45, 7) is 2.16. The third-order valence-corrected chi connectivity index (χ3v) is 2.88. The Hall–Kier alpha value is -1.26. The van der Waals surface area contributed by atoms with Crippen LogP contribution in [0.3, 0.4) is 0 Å². The molecule has 1 heterocycles. The molecular weight excluding hydrogens is 254 g/mol. The van der Waals surface area contributed by atoms with Crippen LogP contribution >= 0.6 is 11.6 Å². The quantitative estimate of drug-likeness (QED) is 0.917. The van der Waals surface area contributed by atoms with Gasteiger partial charge in [-0.25, -0.2) is 0 Å². The average molecular weight is 270 g/mol. The summed E-state index contributed by atoms with van der Waals surface area (Å²) in [5.41, 5.74) is 0.573. The van der Waals surface area contributed by atoms with Crippen LogP contribution in [-0.4, -0.2) is 18.8 Å². The van der Waals surface area contributed by atoms with Gasteiger partial charge < -0.3 is 14.8 Å². The number of amides is 1. The van der Waals surface area contributed by atoms with Crippen molar-refractivity contribution in [2.45, 2.75) is 32.5 Å². The molecule has 1 aliphatic rings. The molecule has 1 saturated heterocycles. The summed E-state index contributed by atoms with van der Waals surface area (Å²) in [5.74, 6) is 0.424. The van der Waals surface area contributed by atoms with Gasteiger partial charge >= 0.3 is 0 Å². The first kappa shape index (κ1) is 13.2. The largest absolute Gasteiger partial charge is 0.463 e. The van der Waals surface area contributed by atoms with Crippen molar-refractivity contribution >= 4 is 23.2 Å². The molecule has 1 atom stereocenters. The van der Waals surface area contributed by atoms with E-state index < -0.39 is 0 Å². The van der Waals surface area contributed by atoms with Gasteiger partial charge in [-0.1, -0.05) is 11.6 Å². The Morgan fingerprint density at radius 2 is 2.33 bits per heavy atom. The first-order chi connectivity index (χ1) is 8.65. The van der Waals surface area contributed by atoms with Crippen LogP contribution < -0.4 is 10.1 Å². The van der Waals surface area contributed by atoms with Crippen LogP contribution in [0.1, 0.15) is 26.2 Å². The van der Waals surface area contributed by atoms with Gasteiger partial charge in [-0.15, -0.1) is 0 Å². The zero-order valence-electron chi connectivity index (χ0n) is 10.2. The van der Waals surface area contributed by atoms with E-state index in [2.05, 4.69) is 5.32 Å². The Kier molecular flexibility index (Phi) is 4.44. The summed E-state index contributed by atoms with van der Waals surface area (Å²) in [5, 5.41) is 3.25. The highest BCUT2D eigenvalue weighted by atomic mass is 35.5. The molecule has 98 valence electrons. The summed E-state index contributed by atoms with van der Waals surface area (Å²) in [4.78, 5) is 11.1. The van der Waals surface area contributed by atoms with Crippen molar-refractivity contribution < 1.29 is 14.3 Å². The minimum atomic E-state index is -0.243. The van der Waals surface area contributed by atoms with E-state index in [9.17, 15) is 4.79 Å². The predicted octanol–water partition coefficient (Wildman–Crippen LogP) is 3.20. The molecule has 1 aromatic carbocycles. The molecule has 2 rings (SSSR count). The maximum absolute atomic E-state index is 11.1. The maximum atomic E-state index is 11.1. The minimum Gasteiger partial charge on any atom is -0.463 e. The van der Waals surface area contributed by atoms with Gasteiger partial charge in [0.05, 0.1) is 12.3 Å². The van der Waals surface area contributed by atoms with Gasteiger partial charge in [-0.05, 0) is 31.0 Å². The minimum absolute atomic E-state index is 0.160. The Morgan fingerprint density at radius 1 is 1.50 bits per heavy atom. The van der Waals surface area contributed by atoms with E-state index in [0.29, 0.717) is 23.1 Å². The van der Waals surface area contributed by atoms with Gasteiger partial charge in [-0.3, -0.25) is 4.79 Å². The van der Waals surface area contributed by atoms with Gasteiger partial charge in [0.15, 0.2) is 6.29 Å². The van der Waals surface area contributed by atoms with Crippen molar-refractivity contribution in [2.24, 2.45) is 0 Å². The first-order valence-corrected chi connectivity index (χ1v) is 6.38. The van der Waals surface area contributed by atoms with E-state index in [1.807, 2.05) is 0 Å². The number of carbonyl (C=O) groups excluding carboxylic acids is 1. The van der Waals surface area contributed by atoms with Crippen molar-refractivity contribution in [3.8, 4) is 5.75 Å². The smallest absolute Gasteiger partial charge is 0.221 e. The fourth-order valence-electron chi connectivity index (χ4n) is 1.84. The first-order valence-electron chi connectivity index (χ1n) is 6.00. The summed E-state index contributed by atoms with van der Waals surface area (Å²) in [6, 6.07) is 5.14. The van der Waals surface area contributed by atoms with Gasteiger partial charge in [0.1, 0.15) is 5.75 Å². The van der Waals surface area contributed by atoms with Crippen molar-refractivity contribution in [1.82, 2.24) is 0 Å². The number of hydrogen-bond acceptors (Lipinski definition) is 3. The molecule has 1 aliphatic heterocycles. The van der Waals surface area contributed by atoms with Crippen LogP contribution in [0.5, 0.6) is 5.75 Å². The second-order valence-electron chi connectivity index (χ2n) is 4.24. The van der Waals surface area contributed by atoms with Crippen LogP contribution in [0, 0.1) is 0 Å². The molecule has 4 nitrogen and oxygen atoms in total.